The average Bonchev–Trinajstić information content (AvgIpc) is 2.92. The molecule has 0 saturated carbocycles. The number of para-hydroxylation sites is 2. The summed E-state index contributed by atoms with van der Waals surface area (Å²) in [5.74, 6) is 1.14. The number of nitrogens with zero attached hydrogens (tertiary/aromatic N) is 1. The van der Waals surface area contributed by atoms with E-state index in [2.05, 4.69) is 5.32 Å². The Hall–Kier alpha value is -2.50. The first-order valence-electron chi connectivity index (χ1n) is 5.75. The number of hydrogen-bond acceptors (Lipinski definition) is 5. The second-order valence-electron chi connectivity index (χ2n) is 3.93. The minimum absolute atomic E-state index is 0.272. The van der Waals surface area contributed by atoms with Gasteiger partial charge in [-0.15, -0.1) is 0 Å². The largest absolute Gasteiger partial charge is 0.495 e. The number of nitro groups is 1. The van der Waals surface area contributed by atoms with Crippen LogP contribution in [0.5, 0.6) is 5.75 Å². The molecule has 1 atom stereocenters. The summed E-state index contributed by atoms with van der Waals surface area (Å²) in [6.45, 7) is -0.272. The Kier molecular flexibility index (Phi) is 4.02. The quantitative estimate of drug-likeness (QED) is 0.639. The predicted molar refractivity (Wildman–Crippen MR) is 69.9 cm³/mol. The molecule has 0 aliphatic heterocycles. The van der Waals surface area contributed by atoms with Crippen LogP contribution in [0.25, 0.3) is 0 Å². The Labute approximate surface area is 110 Å². The van der Waals surface area contributed by atoms with E-state index in [4.69, 9.17) is 9.15 Å². The summed E-state index contributed by atoms with van der Waals surface area (Å²) in [6, 6.07) is 10.1. The fourth-order valence-electron chi connectivity index (χ4n) is 1.80. The Bertz CT molecular complexity index is 539. The molecule has 0 fully saturated rings. The highest BCUT2D eigenvalue weighted by Crippen LogP contribution is 2.28. The van der Waals surface area contributed by atoms with Crippen molar-refractivity contribution in [2.75, 3.05) is 19.0 Å². The van der Waals surface area contributed by atoms with Crippen LogP contribution in [0.1, 0.15) is 11.8 Å². The van der Waals surface area contributed by atoms with Crippen molar-refractivity contribution in [1.82, 2.24) is 0 Å². The Morgan fingerprint density at radius 2 is 2.16 bits per heavy atom. The third-order valence-corrected chi connectivity index (χ3v) is 2.65. The van der Waals surface area contributed by atoms with Gasteiger partial charge < -0.3 is 14.5 Å². The van der Waals surface area contributed by atoms with Gasteiger partial charge in [-0.2, -0.15) is 0 Å². The van der Waals surface area contributed by atoms with E-state index < -0.39 is 6.04 Å². The van der Waals surface area contributed by atoms with Crippen molar-refractivity contribution < 1.29 is 14.1 Å². The summed E-state index contributed by atoms with van der Waals surface area (Å²) < 4.78 is 10.4. The number of benzene rings is 1. The van der Waals surface area contributed by atoms with Gasteiger partial charge in [0.25, 0.3) is 0 Å². The van der Waals surface area contributed by atoms with Crippen LogP contribution in [0.3, 0.4) is 0 Å². The third-order valence-electron chi connectivity index (χ3n) is 2.65. The van der Waals surface area contributed by atoms with Gasteiger partial charge in [0.2, 0.25) is 6.54 Å². The van der Waals surface area contributed by atoms with E-state index in [9.17, 15) is 10.1 Å². The van der Waals surface area contributed by atoms with Gasteiger partial charge in [0.05, 0.1) is 19.1 Å². The topological polar surface area (TPSA) is 77.5 Å². The van der Waals surface area contributed by atoms with Crippen LogP contribution in [0.15, 0.2) is 47.1 Å². The molecule has 2 rings (SSSR count). The molecule has 6 heteroatoms. The standard InChI is InChI=1S/C13H14N2O4/c1-18-12-6-3-2-5-10(12)14-11(9-15(16)17)13-7-4-8-19-13/h2-8,11,14H,9H2,1H3. The van der Waals surface area contributed by atoms with Crippen LogP contribution in [-0.4, -0.2) is 18.6 Å². The third kappa shape index (κ3) is 3.25. The highest BCUT2D eigenvalue weighted by molar-refractivity contribution is 5.57. The van der Waals surface area contributed by atoms with E-state index in [0.717, 1.165) is 0 Å². The number of nitrogens with one attached hydrogen (secondary N) is 1. The minimum Gasteiger partial charge on any atom is -0.495 e. The van der Waals surface area contributed by atoms with Crippen LogP contribution in [0.4, 0.5) is 5.69 Å². The van der Waals surface area contributed by atoms with Crippen molar-refractivity contribution >= 4 is 5.69 Å². The second-order valence-corrected chi connectivity index (χ2v) is 3.93. The van der Waals surface area contributed by atoms with Gasteiger partial charge >= 0.3 is 0 Å². The van der Waals surface area contributed by atoms with Gasteiger partial charge in [0, 0.05) is 4.92 Å². The van der Waals surface area contributed by atoms with Crippen LogP contribution in [-0.2, 0) is 0 Å². The maximum Gasteiger partial charge on any atom is 0.231 e. The molecule has 0 saturated heterocycles. The first-order valence-corrected chi connectivity index (χ1v) is 5.75. The fourth-order valence-corrected chi connectivity index (χ4v) is 1.80. The molecule has 1 aromatic carbocycles. The summed E-state index contributed by atoms with van der Waals surface area (Å²) in [5.41, 5.74) is 0.688. The molecule has 0 radical (unpaired) electrons. The minimum atomic E-state index is -0.540. The molecule has 0 bridgehead atoms. The molecule has 0 aliphatic rings. The number of methoxy groups -OCH3 is 1. The molecule has 1 aromatic heterocycles. The smallest absolute Gasteiger partial charge is 0.231 e. The lowest BCUT2D eigenvalue weighted by atomic mass is 10.2. The molecule has 100 valence electrons. The number of hydrogen-bond donors (Lipinski definition) is 1. The van der Waals surface area contributed by atoms with E-state index in [-0.39, 0.29) is 11.5 Å². The zero-order valence-electron chi connectivity index (χ0n) is 10.4. The summed E-state index contributed by atoms with van der Waals surface area (Å²) >= 11 is 0. The lowest BCUT2D eigenvalue weighted by Crippen LogP contribution is -2.20. The van der Waals surface area contributed by atoms with Crippen molar-refractivity contribution in [2.45, 2.75) is 6.04 Å². The number of furan rings is 1. The Morgan fingerprint density at radius 3 is 2.79 bits per heavy atom. The molecule has 0 aliphatic carbocycles. The van der Waals surface area contributed by atoms with Crippen LogP contribution >= 0.6 is 0 Å². The number of ether oxygens (including phenoxy) is 1. The van der Waals surface area contributed by atoms with Crippen molar-refractivity contribution in [1.29, 1.82) is 0 Å². The van der Waals surface area contributed by atoms with Crippen molar-refractivity contribution in [3.8, 4) is 5.75 Å². The highest BCUT2D eigenvalue weighted by atomic mass is 16.6. The normalized spacial score (nSPS) is 11.8. The molecular formula is C13H14N2O4. The fraction of sp³-hybridized carbons (Fsp3) is 0.231. The summed E-state index contributed by atoms with van der Waals surface area (Å²) in [7, 11) is 1.55. The summed E-state index contributed by atoms with van der Waals surface area (Å²) in [6.07, 6.45) is 1.49. The van der Waals surface area contributed by atoms with Crippen molar-refractivity contribution in [3.05, 3.63) is 58.5 Å². The molecular weight excluding hydrogens is 248 g/mol. The van der Waals surface area contributed by atoms with E-state index in [1.807, 2.05) is 12.1 Å². The molecule has 1 heterocycles. The maximum atomic E-state index is 10.7. The second kappa shape index (κ2) is 5.90. The van der Waals surface area contributed by atoms with Gasteiger partial charge in [-0.1, -0.05) is 12.1 Å². The van der Waals surface area contributed by atoms with Gasteiger partial charge in [-0.05, 0) is 24.3 Å². The molecule has 19 heavy (non-hydrogen) atoms. The molecule has 6 nitrogen and oxygen atoms in total. The highest BCUT2D eigenvalue weighted by Gasteiger charge is 2.21. The van der Waals surface area contributed by atoms with E-state index in [0.29, 0.717) is 17.2 Å². The molecule has 1 unspecified atom stereocenters. The monoisotopic (exact) mass is 262 g/mol. The molecule has 1 N–H and O–H groups in total. The number of rotatable bonds is 6. The molecule has 0 amide bonds. The first kappa shape index (κ1) is 12.9. The van der Waals surface area contributed by atoms with Crippen molar-refractivity contribution in [3.63, 3.8) is 0 Å². The van der Waals surface area contributed by atoms with Gasteiger partial charge in [0.1, 0.15) is 17.6 Å². The summed E-state index contributed by atoms with van der Waals surface area (Å²) in [5, 5.41) is 13.8. The van der Waals surface area contributed by atoms with E-state index >= 15 is 0 Å². The van der Waals surface area contributed by atoms with Gasteiger partial charge in [0.15, 0.2) is 0 Å². The Morgan fingerprint density at radius 1 is 1.37 bits per heavy atom. The molecule has 2 aromatic rings. The van der Waals surface area contributed by atoms with Crippen LogP contribution in [0, 0.1) is 10.1 Å². The van der Waals surface area contributed by atoms with Gasteiger partial charge in [-0.25, -0.2) is 0 Å². The average molecular weight is 262 g/mol. The Balaban J connectivity index is 2.22. The zero-order valence-corrected chi connectivity index (χ0v) is 10.4. The molecule has 0 spiro atoms. The van der Waals surface area contributed by atoms with Gasteiger partial charge in [-0.3, -0.25) is 10.1 Å². The van der Waals surface area contributed by atoms with E-state index in [1.54, 1.807) is 31.4 Å². The zero-order chi connectivity index (χ0) is 13.7. The predicted octanol–water partition coefficient (Wildman–Crippen LogP) is 2.72. The SMILES string of the molecule is COc1ccccc1NC(C[N+](=O)[O-])c1ccco1. The number of anilines is 1. The van der Waals surface area contributed by atoms with Crippen LogP contribution < -0.4 is 10.1 Å². The lowest BCUT2D eigenvalue weighted by Gasteiger charge is -2.16. The van der Waals surface area contributed by atoms with E-state index in [1.165, 1.54) is 6.26 Å². The van der Waals surface area contributed by atoms with Crippen molar-refractivity contribution in [2.24, 2.45) is 0 Å². The first-order chi connectivity index (χ1) is 9.20. The lowest BCUT2D eigenvalue weighted by molar-refractivity contribution is -0.482. The summed E-state index contributed by atoms with van der Waals surface area (Å²) in [4.78, 5) is 10.4. The maximum absolute atomic E-state index is 10.7. The van der Waals surface area contributed by atoms with Crippen LogP contribution in [0.2, 0.25) is 0 Å².